The SMILES string of the molecule is C[C@H](NC(=O)[C@@H]1CCCN1C(=O)[C@@H](N)CCCN=C(N)N)C(=O)N[C@@H](CCCCN)C(=O)N1Cc2[nH]c3ccccc3c2CC1C(=O)O. The van der Waals surface area contributed by atoms with Crippen molar-refractivity contribution in [1.29, 1.82) is 0 Å². The van der Waals surface area contributed by atoms with Gasteiger partial charge in [0.1, 0.15) is 24.2 Å². The zero-order valence-corrected chi connectivity index (χ0v) is 27.3. The van der Waals surface area contributed by atoms with Gasteiger partial charge in [-0.3, -0.25) is 24.2 Å². The molecular formula is C32H48N10O6. The van der Waals surface area contributed by atoms with Gasteiger partial charge in [-0.2, -0.15) is 0 Å². The standard InChI is InChI=1S/C32H48N10O6/c1-18(38-28(44)25-12-7-15-41(25)29(45)21(34)9-6-14-37-32(35)36)27(43)40-23(11-4-5-13-33)30(46)42-17-24-20(16-26(42)31(47)48)19-8-2-3-10-22(19)39-24/h2-3,8,10,18,21,23,25-26,39H,4-7,9,11-17,33-34H2,1H3,(H,38,44)(H,40,43)(H,47,48)(H4,35,36,37)/t18-,21-,23-,25-,26?/m0/s1. The Labute approximate surface area is 279 Å². The lowest BCUT2D eigenvalue weighted by Gasteiger charge is -2.36. The summed E-state index contributed by atoms with van der Waals surface area (Å²) in [6.45, 7) is 2.60. The fourth-order valence-corrected chi connectivity index (χ4v) is 6.44. The maximum atomic E-state index is 14.0. The molecule has 0 bridgehead atoms. The Kier molecular flexibility index (Phi) is 12.4. The van der Waals surface area contributed by atoms with E-state index >= 15 is 0 Å². The number of rotatable bonds is 15. The molecule has 4 amide bonds. The Balaban J connectivity index is 1.41. The zero-order valence-electron chi connectivity index (χ0n) is 27.3. The number of H-pyrrole nitrogens is 1. The Morgan fingerprint density at radius 2 is 1.77 bits per heavy atom. The molecule has 3 heterocycles. The van der Waals surface area contributed by atoms with Gasteiger partial charge >= 0.3 is 5.97 Å². The number of carboxylic acids is 1. The Morgan fingerprint density at radius 3 is 2.48 bits per heavy atom. The third-order valence-electron chi connectivity index (χ3n) is 9.01. The highest BCUT2D eigenvalue weighted by molar-refractivity contribution is 5.96. The van der Waals surface area contributed by atoms with Gasteiger partial charge < -0.3 is 53.5 Å². The zero-order chi connectivity index (χ0) is 35.0. The van der Waals surface area contributed by atoms with Crippen molar-refractivity contribution < 1.29 is 29.1 Å². The van der Waals surface area contributed by atoms with E-state index in [1.165, 1.54) is 16.7 Å². The number of nitrogens with one attached hydrogen (secondary N) is 3. The van der Waals surface area contributed by atoms with Crippen LogP contribution in [-0.2, 0) is 36.9 Å². The first-order chi connectivity index (χ1) is 22.9. The number of para-hydroxylation sites is 1. The molecule has 2 aliphatic rings. The maximum Gasteiger partial charge on any atom is 0.326 e. The lowest BCUT2D eigenvalue weighted by Crippen LogP contribution is -2.58. The van der Waals surface area contributed by atoms with Crippen LogP contribution in [0.4, 0.5) is 0 Å². The van der Waals surface area contributed by atoms with Crippen LogP contribution in [0.15, 0.2) is 29.3 Å². The van der Waals surface area contributed by atoms with Gasteiger partial charge in [0, 0.05) is 36.1 Å². The summed E-state index contributed by atoms with van der Waals surface area (Å²) in [4.78, 5) is 76.0. The van der Waals surface area contributed by atoms with Crippen molar-refractivity contribution >= 4 is 46.5 Å². The van der Waals surface area contributed by atoms with Crippen LogP contribution < -0.4 is 33.6 Å². The molecule has 2 aliphatic heterocycles. The topological polar surface area (TPSA) is 268 Å². The van der Waals surface area contributed by atoms with Crippen molar-refractivity contribution in [2.24, 2.45) is 27.9 Å². The Hall–Kier alpha value is -4.70. The third-order valence-corrected chi connectivity index (χ3v) is 9.01. The highest BCUT2D eigenvalue weighted by Gasteiger charge is 2.40. The van der Waals surface area contributed by atoms with Crippen LogP contribution in [0.5, 0.6) is 0 Å². The molecule has 1 unspecified atom stereocenters. The Morgan fingerprint density at radius 1 is 1.02 bits per heavy atom. The van der Waals surface area contributed by atoms with Crippen LogP contribution in [0.1, 0.15) is 63.1 Å². The number of nitrogens with two attached hydrogens (primary N) is 4. The largest absolute Gasteiger partial charge is 0.480 e. The number of fused-ring (bicyclic) bond motifs is 3. The number of amides is 4. The second-order valence-corrected chi connectivity index (χ2v) is 12.5. The van der Waals surface area contributed by atoms with Crippen LogP contribution in [0.25, 0.3) is 10.9 Å². The summed E-state index contributed by atoms with van der Waals surface area (Å²) in [6, 6.07) is 2.71. The molecule has 1 saturated heterocycles. The summed E-state index contributed by atoms with van der Waals surface area (Å²) in [5.74, 6) is -3.20. The number of unbranched alkanes of at least 4 members (excludes halogenated alkanes) is 1. The predicted octanol–water partition coefficient (Wildman–Crippen LogP) is -1.00. The van der Waals surface area contributed by atoms with Crippen molar-refractivity contribution in [2.75, 3.05) is 19.6 Å². The summed E-state index contributed by atoms with van der Waals surface area (Å²) in [5.41, 5.74) is 24.9. The van der Waals surface area contributed by atoms with E-state index in [0.29, 0.717) is 58.2 Å². The summed E-state index contributed by atoms with van der Waals surface area (Å²) < 4.78 is 0. The highest BCUT2D eigenvalue weighted by atomic mass is 16.4. The normalized spacial score (nSPS) is 19.2. The summed E-state index contributed by atoms with van der Waals surface area (Å²) in [7, 11) is 0. The van der Waals surface area contributed by atoms with E-state index in [2.05, 4.69) is 20.6 Å². The average molecular weight is 669 g/mol. The van der Waals surface area contributed by atoms with Crippen molar-refractivity contribution in [3.63, 3.8) is 0 Å². The van der Waals surface area contributed by atoms with E-state index in [9.17, 15) is 29.1 Å². The predicted molar refractivity (Wildman–Crippen MR) is 179 cm³/mol. The van der Waals surface area contributed by atoms with Gasteiger partial charge in [-0.1, -0.05) is 18.2 Å². The number of likely N-dealkylation sites (tertiary alicyclic amines) is 1. The molecule has 48 heavy (non-hydrogen) atoms. The Bertz CT molecular complexity index is 1520. The molecule has 1 aromatic heterocycles. The molecule has 4 rings (SSSR count). The van der Waals surface area contributed by atoms with Gasteiger partial charge in [0.25, 0.3) is 0 Å². The first kappa shape index (κ1) is 36.1. The number of carbonyl (C=O) groups is 5. The van der Waals surface area contributed by atoms with Gasteiger partial charge in [-0.15, -0.1) is 0 Å². The second-order valence-electron chi connectivity index (χ2n) is 12.5. The summed E-state index contributed by atoms with van der Waals surface area (Å²) in [6.07, 6.45) is 3.30. The number of benzene rings is 1. The summed E-state index contributed by atoms with van der Waals surface area (Å²) in [5, 5.41) is 16.5. The van der Waals surface area contributed by atoms with E-state index in [0.717, 1.165) is 22.2 Å². The van der Waals surface area contributed by atoms with E-state index in [1.54, 1.807) is 0 Å². The number of guanidine groups is 1. The number of aromatic amines is 1. The van der Waals surface area contributed by atoms with Gasteiger partial charge in [0.05, 0.1) is 12.6 Å². The average Bonchev–Trinajstić information content (AvgIpc) is 3.69. The maximum absolute atomic E-state index is 14.0. The fraction of sp³-hybridized carbons (Fsp3) is 0.562. The molecule has 0 spiro atoms. The molecule has 0 saturated carbocycles. The van der Waals surface area contributed by atoms with Gasteiger partial charge in [-0.05, 0) is 70.0 Å². The quantitative estimate of drug-likeness (QED) is 0.0651. The lowest BCUT2D eigenvalue weighted by molar-refractivity contribution is -0.153. The van der Waals surface area contributed by atoms with Crippen molar-refractivity contribution in [2.45, 2.75) is 95.0 Å². The third kappa shape index (κ3) is 8.60. The molecule has 262 valence electrons. The lowest BCUT2D eigenvalue weighted by atomic mass is 9.95. The van der Waals surface area contributed by atoms with E-state index < -0.39 is 53.9 Å². The fourth-order valence-electron chi connectivity index (χ4n) is 6.44. The van der Waals surface area contributed by atoms with Crippen molar-refractivity contribution in [3.8, 4) is 0 Å². The van der Waals surface area contributed by atoms with Gasteiger partial charge in [0.2, 0.25) is 23.6 Å². The number of carbonyl (C=O) groups excluding carboxylic acids is 4. The molecular weight excluding hydrogens is 620 g/mol. The van der Waals surface area contributed by atoms with Crippen molar-refractivity contribution in [3.05, 3.63) is 35.5 Å². The van der Waals surface area contributed by atoms with Crippen LogP contribution in [0, 0.1) is 0 Å². The van der Waals surface area contributed by atoms with E-state index in [4.69, 9.17) is 22.9 Å². The van der Waals surface area contributed by atoms with Gasteiger partial charge in [-0.25, -0.2) is 4.79 Å². The first-order valence-corrected chi connectivity index (χ1v) is 16.5. The number of nitrogens with zero attached hydrogens (tertiary/aromatic N) is 3. The molecule has 5 atom stereocenters. The number of aliphatic imine (C=N–C) groups is 1. The minimum Gasteiger partial charge on any atom is -0.480 e. The van der Waals surface area contributed by atoms with E-state index in [1.807, 2.05) is 24.3 Å². The number of hydrogen-bond donors (Lipinski definition) is 8. The summed E-state index contributed by atoms with van der Waals surface area (Å²) >= 11 is 0. The first-order valence-electron chi connectivity index (χ1n) is 16.5. The molecule has 1 fully saturated rings. The van der Waals surface area contributed by atoms with Gasteiger partial charge in [0.15, 0.2) is 5.96 Å². The van der Waals surface area contributed by atoms with Crippen LogP contribution in [-0.4, -0.2) is 105 Å². The molecule has 1 aromatic carbocycles. The van der Waals surface area contributed by atoms with E-state index in [-0.39, 0.29) is 31.3 Å². The second kappa shape index (κ2) is 16.4. The highest BCUT2D eigenvalue weighted by Crippen LogP contribution is 2.31. The van der Waals surface area contributed by atoms with Crippen molar-refractivity contribution in [1.82, 2.24) is 25.4 Å². The minimum absolute atomic E-state index is 0.0390. The smallest absolute Gasteiger partial charge is 0.326 e. The molecule has 2 aromatic rings. The van der Waals surface area contributed by atoms with Crippen LogP contribution >= 0.6 is 0 Å². The molecule has 16 heteroatoms. The number of aliphatic carboxylic acids is 1. The minimum atomic E-state index is -1.14. The number of carboxylic acid groups (broad SMARTS) is 1. The molecule has 0 aliphatic carbocycles. The number of hydrogen-bond acceptors (Lipinski definition) is 8. The monoisotopic (exact) mass is 668 g/mol. The molecule has 0 radical (unpaired) electrons. The van der Waals surface area contributed by atoms with Crippen LogP contribution in [0.3, 0.4) is 0 Å². The molecule has 12 N–H and O–H groups in total. The number of aromatic nitrogens is 1. The molecule has 16 nitrogen and oxygen atoms in total. The van der Waals surface area contributed by atoms with Crippen LogP contribution in [0.2, 0.25) is 0 Å².